The Hall–Kier alpha value is -0.458. The zero-order valence-corrected chi connectivity index (χ0v) is 5.25. The Labute approximate surface area is 59.4 Å². The molecule has 0 saturated carbocycles. The molecule has 0 aromatic carbocycles. The van der Waals surface area contributed by atoms with E-state index in [1.807, 2.05) is 0 Å². The fourth-order valence-electron chi connectivity index (χ4n) is 0.303. The van der Waals surface area contributed by atoms with Crippen LogP contribution in [0, 0.1) is 0 Å². The zero-order chi connectivity index (χ0) is 5.28. The second kappa shape index (κ2) is 2.75. The van der Waals surface area contributed by atoms with Crippen molar-refractivity contribution in [3.05, 3.63) is 12.2 Å². The first kappa shape index (κ1) is 7.54. The number of esters is 2. The van der Waals surface area contributed by atoms with E-state index in [0.29, 0.717) is 0 Å². The van der Waals surface area contributed by atoms with Crippen LogP contribution < -0.4 is 0 Å². The van der Waals surface area contributed by atoms with E-state index in [2.05, 4.69) is 4.74 Å². The maximum atomic E-state index is 9.92. The first-order chi connectivity index (χ1) is 3.29. The number of carbonyl (C=O) groups excluding carboxylic acids is 2. The predicted octanol–water partition coefficient (Wildman–Crippen LogP) is -0.377. The van der Waals surface area contributed by atoms with E-state index in [1.54, 1.807) is 0 Å². The molecule has 0 radical (unpaired) electrons. The molecule has 0 N–H and O–H groups in total. The van der Waals surface area contributed by atoms with Gasteiger partial charge in [-0.1, -0.05) is 0 Å². The van der Waals surface area contributed by atoms with Gasteiger partial charge in [0.05, 0.1) is 0 Å². The Morgan fingerprint density at radius 2 is 1.50 bits per heavy atom. The third-order valence-electron chi connectivity index (χ3n) is 0.557. The molecule has 1 heterocycles. The molecule has 3 nitrogen and oxygen atoms in total. The number of hydrogen-bond acceptors (Lipinski definition) is 3. The number of rotatable bonds is 0. The van der Waals surface area contributed by atoms with Gasteiger partial charge in [-0.25, -0.2) is 9.59 Å². The van der Waals surface area contributed by atoms with Gasteiger partial charge in [0.25, 0.3) is 0 Å². The molecular formula is C4H2O3Pd+2. The van der Waals surface area contributed by atoms with Crippen LogP contribution >= 0.6 is 0 Å². The Kier molecular flexibility index (Phi) is 2.60. The van der Waals surface area contributed by atoms with Crippen molar-refractivity contribution in [1.29, 1.82) is 0 Å². The second-order valence-corrected chi connectivity index (χ2v) is 1.07. The summed E-state index contributed by atoms with van der Waals surface area (Å²) in [6.07, 6.45) is 2.17. The molecule has 1 aliphatic heterocycles. The van der Waals surface area contributed by atoms with Gasteiger partial charge in [-0.05, 0) is 0 Å². The van der Waals surface area contributed by atoms with Crippen LogP contribution in [0.2, 0.25) is 0 Å². The quantitative estimate of drug-likeness (QED) is 0.307. The molecule has 4 heteroatoms. The summed E-state index contributed by atoms with van der Waals surface area (Å²) in [5.74, 6) is -1.16. The molecule has 0 atom stereocenters. The van der Waals surface area contributed by atoms with Crippen molar-refractivity contribution in [3.8, 4) is 0 Å². The van der Waals surface area contributed by atoms with E-state index in [0.717, 1.165) is 12.2 Å². The van der Waals surface area contributed by atoms with Crippen LogP contribution in [0.3, 0.4) is 0 Å². The minimum Gasteiger partial charge on any atom is -0.387 e. The topological polar surface area (TPSA) is 43.4 Å². The van der Waals surface area contributed by atoms with E-state index < -0.39 is 11.9 Å². The van der Waals surface area contributed by atoms with Crippen molar-refractivity contribution in [2.45, 2.75) is 0 Å². The third kappa shape index (κ3) is 1.57. The number of hydrogen-bond donors (Lipinski definition) is 0. The summed E-state index contributed by atoms with van der Waals surface area (Å²) in [5.41, 5.74) is 0. The van der Waals surface area contributed by atoms with E-state index in [4.69, 9.17) is 0 Å². The minimum absolute atomic E-state index is 0. The Morgan fingerprint density at radius 3 is 1.62 bits per heavy atom. The first-order valence-electron chi connectivity index (χ1n) is 1.73. The normalized spacial score (nSPS) is 15.5. The van der Waals surface area contributed by atoms with Crippen LogP contribution in [0.4, 0.5) is 0 Å². The number of cyclic esters (lactones) is 2. The molecule has 44 valence electrons. The SMILES string of the molecule is O=C1C=CC(=O)O1.[Pd+2]. The summed E-state index contributed by atoms with van der Waals surface area (Å²) in [6, 6.07) is 0. The molecule has 8 heavy (non-hydrogen) atoms. The fourth-order valence-corrected chi connectivity index (χ4v) is 0.303. The van der Waals surface area contributed by atoms with Gasteiger partial charge in [0.15, 0.2) is 0 Å². The van der Waals surface area contributed by atoms with Crippen molar-refractivity contribution in [2.75, 3.05) is 0 Å². The van der Waals surface area contributed by atoms with Gasteiger partial charge in [0, 0.05) is 12.2 Å². The predicted molar refractivity (Wildman–Crippen MR) is 20.2 cm³/mol. The zero-order valence-electron chi connectivity index (χ0n) is 3.70. The van der Waals surface area contributed by atoms with Crippen LogP contribution in [0.1, 0.15) is 0 Å². The molecule has 0 amide bonds. The molecular weight excluding hydrogens is 202 g/mol. The molecule has 0 fully saturated rings. The van der Waals surface area contributed by atoms with Crippen LogP contribution in [0.25, 0.3) is 0 Å². The summed E-state index contributed by atoms with van der Waals surface area (Å²) >= 11 is 0. The van der Waals surface area contributed by atoms with E-state index in [-0.39, 0.29) is 20.4 Å². The largest absolute Gasteiger partial charge is 2.00 e. The van der Waals surface area contributed by atoms with E-state index in [1.165, 1.54) is 0 Å². The summed E-state index contributed by atoms with van der Waals surface area (Å²) in [5, 5.41) is 0. The van der Waals surface area contributed by atoms with Crippen molar-refractivity contribution in [1.82, 2.24) is 0 Å². The van der Waals surface area contributed by atoms with Gasteiger partial charge in [-0.3, -0.25) is 0 Å². The molecule has 0 aromatic heterocycles. The van der Waals surface area contributed by atoms with Gasteiger partial charge in [-0.15, -0.1) is 0 Å². The van der Waals surface area contributed by atoms with Gasteiger partial charge in [0.2, 0.25) is 0 Å². The standard InChI is InChI=1S/C4H2O3.Pd/c5-3-1-2-4(6)7-3;/h1-2H;/q;+2. The van der Waals surface area contributed by atoms with Crippen molar-refractivity contribution in [3.63, 3.8) is 0 Å². The summed E-state index contributed by atoms with van der Waals surface area (Å²) in [7, 11) is 0. The molecule has 1 aliphatic rings. The van der Waals surface area contributed by atoms with Crippen molar-refractivity contribution >= 4 is 11.9 Å². The first-order valence-corrected chi connectivity index (χ1v) is 1.73. The maximum Gasteiger partial charge on any atom is 2.00 e. The second-order valence-electron chi connectivity index (χ2n) is 1.07. The molecule has 0 aliphatic carbocycles. The fraction of sp³-hybridized carbons (Fsp3) is 0. The monoisotopic (exact) mass is 204 g/mol. The third-order valence-corrected chi connectivity index (χ3v) is 0.557. The van der Waals surface area contributed by atoms with Gasteiger partial charge in [-0.2, -0.15) is 0 Å². The van der Waals surface area contributed by atoms with E-state index >= 15 is 0 Å². The van der Waals surface area contributed by atoms with Crippen LogP contribution in [0.5, 0.6) is 0 Å². The summed E-state index contributed by atoms with van der Waals surface area (Å²) in [6.45, 7) is 0. The Morgan fingerprint density at radius 1 is 1.12 bits per heavy atom. The molecule has 0 bridgehead atoms. The molecule has 0 spiro atoms. The summed E-state index contributed by atoms with van der Waals surface area (Å²) < 4.78 is 3.97. The van der Waals surface area contributed by atoms with Crippen LogP contribution in [0.15, 0.2) is 12.2 Å². The molecule has 0 unspecified atom stereocenters. The smallest absolute Gasteiger partial charge is 0.387 e. The van der Waals surface area contributed by atoms with Gasteiger partial charge < -0.3 is 4.74 Å². The van der Waals surface area contributed by atoms with Gasteiger partial charge >= 0.3 is 32.4 Å². The summed E-state index contributed by atoms with van der Waals surface area (Å²) in [4.78, 5) is 19.8. The van der Waals surface area contributed by atoms with Gasteiger partial charge in [0.1, 0.15) is 0 Å². The Balaban J connectivity index is 0.000000490. The average Bonchev–Trinajstić information content (AvgIpc) is 1.87. The van der Waals surface area contributed by atoms with Crippen molar-refractivity contribution < 1.29 is 34.7 Å². The van der Waals surface area contributed by atoms with Crippen LogP contribution in [-0.4, -0.2) is 11.9 Å². The minimum atomic E-state index is -0.579. The number of ether oxygens (including phenoxy) is 1. The number of carbonyl (C=O) groups is 2. The van der Waals surface area contributed by atoms with E-state index in [9.17, 15) is 9.59 Å². The Bertz CT molecular complexity index is 133. The average molecular weight is 204 g/mol. The van der Waals surface area contributed by atoms with Crippen molar-refractivity contribution in [2.24, 2.45) is 0 Å². The molecule has 0 aromatic rings. The molecule has 1 rings (SSSR count). The molecule has 0 saturated heterocycles. The maximum absolute atomic E-state index is 9.92. The van der Waals surface area contributed by atoms with Crippen LogP contribution in [-0.2, 0) is 34.7 Å².